The molecule has 1 saturated heterocycles. The van der Waals surface area contributed by atoms with Gasteiger partial charge in [-0.1, -0.05) is 93.6 Å². The molecular weight excluding hydrogens is 731 g/mol. The van der Waals surface area contributed by atoms with Gasteiger partial charge in [-0.25, -0.2) is 0 Å². The molecule has 1 fully saturated rings. The van der Waals surface area contributed by atoms with Crippen molar-refractivity contribution < 1.29 is 33.7 Å². The molecule has 5 aromatic carbocycles. The third-order valence-corrected chi connectivity index (χ3v) is 11.9. The number of ether oxygens (including phenoxy) is 3. The number of fused-ring (bicyclic) bond motifs is 2. The molecule has 10 heteroatoms. The molecule has 3 amide bonds. The van der Waals surface area contributed by atoms with Crippen LogP contribution < -0.4 is 19.7 Å². The van der Waals surface area contributed by atoms with Crippen LogP contribution in [0.4, 0.5) is 11.4 Å². The van der Waals surface area contributed by atoms with Gasteiger partial charge < -0.3 is 34.4 Å². The van der Waals surface area contributed by atoms with Gasteiger partial charge in [0.15, 0.2) is 5.60 Å². The predicted molar refractivity (Wildman–Crippen MR) is 224 cm³/mol. The Morgan fingerprint density at radius 3 is 2.05 bits per heavy atom. The average molecular weight is 782 g/mol. The Morgan fingerprint density at radius 1 is 0.845 bits per heavy atom. The lowest BCUT2D eigenvalue weighted by atomic mass is 9.63. The van der Waals surface area contributed by atoms with Crippen molar-refractivity contribution in [2.75, 3.05) is 37.6 Å². The largest absolute Gasteiger partial charge is 0.497 e. The van der Waals surface area contributed by atoms with Gasteiger partial charge in [-0.05, 0) is 76.7 Å². The fourth-order valence-electron chi connectivity index (χ4n) is 8.98. The molecule has 58 heavy (non-hydrogen) atoms. The zero-order valence-corrected chi connectivity index (χ0v) is 33.7. The summed E-state index contributed by atoms with van der Waals surface area (Å²) in [7, 11) is 3.20. The number of aliphatic hydroxyl groups excluding tert-OH is 1. The van der Waals surface area contributed by atoms with Gasteiger partial charge in [-0.15, -0.1) is 0 Å². The van der Waals surface area contributed by atoms with Gasteiger partial charge in [0.1, 0.15) is 11.5 Å². The van der Waals surface area contributed by atoms with Crippen LogP contribution in [0.15, 0.2) is 127 Å². The Hall–Kier alpha value is -5.97. The van der Waals surface area contributed by atoms with Gasteiger partial charge in [-0.3, -0.25) is 14.4 Å². The minimum atomic E-state index is -1.49. The summed E-state index contributed by atoms with van der Waals surface area (Å²) in [4.78, 5) is 46.8. The standard InChI is InChI=1S/C48H51N3O7/c1-32-44(47(2,3)36-18-23-39(57-5)24-19-36)42(29-43(53)50(26-27-52)30-33-12-8-6-9-13-33)58-48(32)40-28-37(49-45(54)35-16-21-38(56-4)22-17-35)20-25-41(40)51(46(48)55)31-34-14-10-7-11-15-34/h6-25,28,32,42,44,52H,26-27,29-31H2,1-5H3,(H,49,54)/t32-,42+,44-,48+/m1/s1. The van der Waals surface area contributed by atoms with E-state index in [0.29, 0.717) is 41.3 Å². The predicted octanol–water partition coefficient (Wildman–Crippen LogP) is 7.74. The number of methoxy groups -OCH3 is 2. The molecule has 0 saturated carbocycles. The number of aliphatic hydroxyl groups is 1. The van der Waals surface area contributed by atoms with E-state index in [1.807, 2.05) is 104 Å². The highest BCUT2D eigenvalue weighted by Gasteiger charge is 2.66. The van der Waals surface area contributed by atoms with E-state index in [1.54, 1.807) is 54.4 Å². The highest BCUT2D eigenvalue weighted by Crippen LogP contribution is 2.60. The molecule has 300 valence electrons. The Morgan fingerprint density at radius 2 is 1.45 bits per heavy atom. The third-order valence-electron chi connectivity index (χ3n) is 11.9. The second-order valence-electron chi connectivity index (χ2n) is 15.7. The number of nitrogens with one attached hydrogen (secondary N) is 1. The molecule has 5 aromatic rings. The maximum atomic E-state index is 15.4. The Bertz CT molecular complexity index is 2230. The minimum Gasteiger partial charge on any atom is -0.497 e. The highest BCUT2D eigenvalue weighted by molar-refractivity contribution is 6.09. The second-order valence-corrected chi connectivity index (χ2v) is 15.7. The number of anilines is 2. The van der Waals surface area contributed by atoms with E-state index in [1.165, 1.54) is 0 Å². The fourth-order valence-corrected chi connectivity index (χ4v) is 8.98. The molecule has 4 atom stereocenters. The van der Waals surface area contributed by atoms with Crippen molar-refractivity contribution in [3.8, 4) is 11.5 Å². The Balaban J connectivity index is 1.32. The molecule has 2 aliphatic rings. The lowest BCUT2D eigenvalue weighted by molar-refractivity contribution is -0.150. The summed E-state index contributed by atoms with van der Waals surface area (Å²) in [6.07, 6.45) is -0.721. The molecule has 2 N–H and O–H groups in total. The maximum Gasteiger partial charge on any atom is 0.264 e. The number of nitrogens with zero attached hydrogens (tertiary/aromatic N) is 2. The molecule has 0 aliphatic carbocycles. The van der Waals surface area contributed by atoms with E-state index in [2.05, 4.69) is 19.2 Å². The lowest BCUT2D eigenvalue weighted by Gasteiger charge is -2.39. The topological polar surface area (TPSA) is 118 Å². The van der Waals surface area contributed by atoms with Gasteiger partial charge in [-0.2, -0.15) is 0 Å². The number of carbonyl (C=O) groups is 3. The summed E-state index contributed by atoms with van der Waals surface area (Å²) in [6.45, 7) is 6.90. The fraction of sp³-hybridized carbons (Fsp3) is 0.312. The van der Waals surface area contributed by atoms with Crippen LogP contribution in [0.1, 0.15) is 59.8 Å². The Kier molecular flexibility index (Phi) is 11.7. The average Bonchev–Trinajstić information content (AvgIpc) is 3.66. The number of benzene rings is 5. The molecular formula is C48H51N3O7. The number of carbonyl (C=O) groups excluding carboxylic acids is 3. The van der Waals surface area contributed by atoms with Crippen molar-refractivity contribution in [3.63, 3.8) is 0 Å². The van der Waals surface area contributed by atoms with Crippen LogP contribution in [0.2, 0.25) is 0 Å². The summed E-state index contributed by atoms with van der Waals surface area (Å²) in [6, 6.07) is 39.8. The lowest BCUT2D eigenvalue weighted by Crippen LogP contribution is -2.45. The van der Waals surface area contributed by atoms with Crippen LogP contribution in [0, 0.1) is 11.8 Å². The van der Waals surface area contributed by atoms with Crippen molar-refractivity contribution in [2.24, 2.45) is 11.8 Å². The van der Waals surface area contributed by atoms with Crippen LogP contribution in [0.3, 0.4) is 0 Å². The van der Waals surface area contributed by atoms with Crippen LogP contribution in [0.5, 0.6) is 11.5 Å². The summed E-state index contributed by atoms with van der Waals surface area (Å²) in [5, 5.41) is 13.1. The third kappa shape index (κ3) is 7.69. The Labute approximate surface area is 340 Å². The SMILES string of the molecule is COc1ccc(C(=O)Nc2ccc3c(c2)[C@]2(O[C@@H](CC(=O)N(CCO)Cc4ccccc4)[C@H](C(C)(C)c4ccc(OC)cc4)[C@H]2C)C(=O)N3Cc2ccccc2)cc1. The molecule has 2 heterocycles. The zero-order chi connectivity index (χ0) is 41.0. The summed E-state index contributed by atoms with van der Waals surface area (Å²) in [5.74, 6) is -0.146. The quantitative estimate of drug-likeness (QED) is 0.118. The molecule has 7 rings (SSSR count). The van der Waals surface area contributed by atoms with Gasteiger partial charge in [0.05, 0.1) is 45.6 Å². The molecule has 0 radical (unpaired) electrons. The first-order valence-corrected chi connectivity index (χ1v) is 19.7. The van der Waals surface area contributed by atoms with Crippen LogP contribution in [-0.4, -0.2) is 61.2 Å². The van der Waals surface area contributed by atoms with Gasteiger partial charge in [0.2, 0.25) is 5.91 Å². The van der Waals surface area contributed by atoms with Crippen molar-refractivity contribution in [3.05, 3.63) is 155 Å². The minimum absolute atomic E-state index is 0.0155. The zero-order valence-electron chi connectivity index (χ0n) is 33.7. The van der Waals surface area contributed by atoms with E-state index < -0.39 is 23.0 Å². The second kappa shape index (κ2) is 16.9. The van der Waals surface area contributed by atoms with E-state index in [-0.39, 0.29) is 43.2 Å². The normalized spacial score (nSPS) is 19.9. The summed E-state index contributed by atoms with van der Waals surface area (Å²) >= 11 is 0. The van der Waals surface area contributed by atoms with Crippen molar-refractivity contribution in [1.29, 1.82) is 0 Å². The molecule has 2 aliphatic heterocycles. The van der Waals surface area contributed by atoms with Gasteiger partial charge >= 0.3 is 0 Å². The number of hydrogen-bond acceptors (Lipinski definition) is 7. The van der Waals surface area contributed by atoms with E-state index in [0.717, 1.165) is 22.4 Å². The highest BCUT2D eigenvalue weighted by atomic mass is 16.5. The van der Waals surface area contributed by atoms with Gasteiger partial charge in [0.25, 0.3) is 11.8 Å². The van der Waals surface area contributed by atoms with Crippen molar-refractivity contribution in [2.45, 2.75) is 57.4 Å². The maximum absolute atomic E-state index is 15.4. The first-order valence-electron chi connectivity index (χ1n) is 19.7. The van der Waals surface area contributed by atoms with Crippen LogP contribution in [0.25, 0.3) is 0 Å². The number of amides is 3. The van der Waals surface area contributed by atoms with Gasteiger partial charge in [0, 0.05) is 41.7 Å². The molecule has 0 unspecified atom stereocenters. The molecule has 1 spiro atoms. The molecule has 10 nitrogen and oxygen atoms in total. The summed E-state index contributed by atoms with van der Waals surface area (Å²) < 4.78 is 18.0. The monoisotopic (exact) mass is 781 g/mol. The first-order chi connectivity index (χ1) is 28.0. The molecule has 0 bridgehead atoms. The summed E-state index contributed by atoms with van der Waals surface area (Å²) in [5.41, 5.74) is 3.07. The van der Waals surface area contributed by atoms with Crippen LogP contribution >= 0.6 is 0 Å². The number of rotatable bonds is 14. The van der Waals surface area contributed by atoms with Crippen molar-refractivity contribution >= 4 is 29.1 Å². The van der Waals surface area contributed by atoms with E-state index >= 15 is 4.79 Å². The molecule has 0 aromatic heterocycles. The van der Waals surface area contributed by atoms with E-state index in [4.69, 9.17) is 14.2 Å². The van der Waals surface area contributed by atoms with Crippen LogP contribution in [-0.2, 0) is 38.4 Å². The smallest absolute Gasteiger partial charge is 0.264 e. The first kappa shape index (κ1) is 40.2. The van der Waals surface area contributed by atoms with E-state index in [9.17, 15) is 14.7 Å². The number of hydrogen-bond donors (Lipinski definition) is 2. The van der Waals surface area contributed by atoms with Crippen molar-refractivity contribution in [1.82, 2.24) is 4.90 Å².